The standard InChI is InChI=1S/C12H10B3ClN2O/c1-12(2,19)11-5(17)3-4-6(13)9(16)7(14)8(15)10(4)18-11/h3,19H,17H2,1-2H3. The zero-order valence-corrected chi connectivity index (χ0v) is 11.4. The first kappa shape index (κ1) is 14.3. The normalized spacial score (nSPS) is 12.0. The largest absolute Gasteiger partial charge is 0.397 e. The molecule has 0 aliphatic heterocycles. The number of aliphatic hydroxyl groups is 1. The summed E-state index contributed by atoms with van der Waals surface area (Å²) in [7, 11) is 17.6. The molecule has 1 aromatic heterocycles. The summed E-state index contributed by atoms with van der Waals surface area (Å²) in [5.74, 6) is 0. The van der Waals surface area contributed by atoms with Gasteiger partial charge in [0, 0.05) is 5.02 Å². The molecule has 1 aromatic carbocycles. The summed E-state index contributed by atoms with van der Waals surface area (Å²) in [6.07, 6.45) is 0. The van der Waals surface area contributed by atoms with Crippen LogP contribution in [-0.4, -0.2) is 33.6 Å². The maximum atomic E-state index is 10.0. The lowest BCUT2D eigenvalue weighted by Crippen LogP contribution is -2.34. The fraction of sp³-hybridized carbons (Fsp3) is 0.250. The second kappa shape index (κ2) is 4.46. The average molecular weight is 266 g/mol. The molecule has 6 radical (unpaired) electrons. The van der Waals surface area contributed by atoms with E-state index in [2.05, 4.69) is 4.98 Å². The zero-order chi connectivity index (χ0) is 14.5. The van der Waals surface area contributed by atoms with Gasteiger partial charge >= 0.3 is 0 Å². The fourth-order valence-corrected chi connectivity index (χ4v) is 2.14. The molecule has 0 bridgehead atoms. The van der Waals surface area contributed by atoms with Gasteiger partial charge in [0.2, 0.25) is 0 Å². The van der Waals surface area contributed by atoms with Crippen molar-refractivity contribution in [2.75, 3.05) is 5.73 Å². The van der Waals surface area contributed by atoms with E-state index in [1.807, 2.05) is 0 Å². The molecule has 19 heavy (non-hydrogen) atoms. The van der Waals surface area contributed by atoms with E-state index in [9.17, 15) is 5.11 Å². The van der Waals surface area contributed by atoms with Gasteiger partial charge in [-0.15, -0.1) is 0 Å². The summed E-state index contributed by atoms with van der Waals surface area (Å²) in [6, 6.07) is 1.59. The molecule has 0 unspecified atom stereocenters. The van der Waals surface area contributed by atoms with Crippen LogP contribution in [0.5, 0.6) is 0 Å². The summed E-state index contributed by atoms with van der Waals surface area (Å²) in [6.45, 7) is 3.16. The number of fused-ring (bicyclic) bond motifs is 1. The Morgan fingerprint density at radius 1 is 1.21 bits per heavy atom. The Kier molecular flexibility index (Phi) is 3.35. The maximum Gasteiger partial charge on any atom is 0.116 e. The fourth-order valence-electron chi connectivity index (χ4n) is 1.94. The van der Waals surface area contributed by atoms with Crippen LogP contribution >= 0.6 is 11.6 Å². The Balaban J connectivity index is 2.95. The molecule has 0 atom stereocenters. The van der Waals surface area contributed by atoms with Crippen molar-refractivity contribution in [3.63, 3.8) is 0 Å². The van der Waals surface area contributed by atoms with Gasteiger partial charge in [-0.3, -0.25) is 0 Å². The summed E-state index contributed by atoms with van der Waals surface area (Å²) in [4.78, 5) is 4.29. The summed E-state index contributed by atoms with van der Waals surface area (Å²) >= 11 is 6.00. The molecule has 3 nitrogen and oxygen atoms in total. The number of hydrogen-bond donors (Lipinski definition) is 2. The van der Waals surface area contributed by atoms with Crippen LogP contribution in [0.15, 0.2) is 6.07 Å². The number of rotatable bonds is 1. The Bertz CT molecular complexity index is 683. The van der Waals surface area contributed by atoms with Crippen LogP contribution in [0.3, 0.4) is 0 Å². The molecule has 90 valence electrons. The first-order chi connectivity index (χ1) is 8.64. The Morgan fingerprint density at radius 2 is 1.79 bits per heavy atom. The predicted octanol–water partition coefficient (Wildman–Crippen LogP) is -0.921. The quantitative estimate of drug-likeness (QED) is 0.656. The van der Waals surface area contributed by atoms with Crippen LogP contribution in [0.4, 0.5) is 5.69 Å². The number of nitrogens with two attached hydrogens (primary N) is 1. The monoisotopic (exact) mass is 266 g/mol. The molecule has 3 N–H and O–H groups in total. The Labute approximate surface area is 120 Å². The third-order valence-electron chi connectivity index (χ3n) is 2.94. The highest BCUT2D eigenvalue weighted by Gasteiger charge is 2.23. The molecule has 0 aliphatic rings. The van der Waals surface area contributed by atoms with Gasteiger partial charge in [-0.05, 0) is 25.3 Å². The summed E-state index contributed by atoms with van der Waals surface area (Å²) in [5.41, 5.74) is 6.35. The number of hydrogen-bond acceptors (Lipinski definition) is 3. The molecule has 0 amide bonds. The van der Waals surface area contributed by atoms with Gasteiger partial charge in [-0.1, -0.05) is 28.0 Å². The molecular weight excluding hydrogens is 256 g/mol. The van der Waals surface area contributed by atoms with Crippen molar-refractivity contribution in [3.8, 4) is 0 Å². The second-order valence-corrected chi connectivity index (χ2v) is 5.31. The van der Waals surface area contributed by atoms with E-state index in [0.717, 1.165) is 0 Å². The minimum absolute atomic E-state index is 0.172. The van der Waals surface area contributed by atoms with Crippen LogP contribution in [0.25, 0.3) is 10.9 Å². The number of aromatic nitrogens is 1. The van der Waals surface area contributed by atoms with Crippen LogP contribution in [0.1, 0.15) is 19.5 Å². The van der Waals surface area contributed by atoms with Gasteiger partial charge in [0.25, 0.3) is 0 Å². The van der Waals surface area contributed by atoms with Gasteiger partial charge < -0.3 is 10.8 Å². The number of benzene rings is 1. The molecule has 2 aromatic rings. The molecule has 0 saturated carbocycles. The summed E-state index contributed by atoms with van der Waals surface area (Å²) < 4.78 is 0. The van der Waals surface area contributed by atoms with Crippen LogP contribution in [0, 0.1) is 0 Å². The minimum atomic E-state index is -1.20. The molecule has 0 saturated heterocycles. The van der Waals surface area contributed by atoms with E-state index in [1.165, 1.54) is 0 Å². The van der Waals surface area contributed by atoms with Gasteiger partial charge in [-0.25, -0.2) is 4.98 Å². The SMILES string of the molecule is [B]c1c(Cl)c([B])c2cc(N)c(C(C)(C)O)nc2c1[B]. The van der Waals surface area contributed by atoms with Crippen LogP contribution in [0.2, 0.25) is 5.02 Å². The lowest BCUT2D eigenvalue weighted by atomic mass is 9.74. The zero-order valence-electron chi connectivity index (χ0n) is 10.7. The summed E-state index contributed by atoms with van der Waals surface area (Å²) in [5, 5.41) is 10.7. The van der Waals surface area contributed by atoms with Crippen molar-refractivity contribution in [1.82, 2.24) is 4.98 Å². The maximum absolute atomic E-state index is 10.0. The van der Waals surface area contributed by atoms with Crippen molar-refractivity contribution >= 4 is 68.1 Å². The average Bonchev–Trinajstić information content (AvgIpc) is 2.31. The van der Waals surface area contributed by atoms with Gasteiger partial charge in [0.05, 0.1) is 16.9 Å². The van der Waals surface area contributed by atoms with Crippen molar-refractivity contribution < 1.29 is 5.11 Å². The van der Waals surface area contributed by atoms with Crippen LogP contribution in [-0.2, 0) is 5.60 Å². The number of nitrogen functional groups attached to an aromatic ring is 1. The van der Waals surface area contributed by atoms with E-state index in [4.69, 9.17) is 40.9 Å². The molecule has 0 fully saturated rings. The van der Waals surface area contributed by atoms with E-state index in [-0.39, 0.29) is 21.4 Å². The molecular formula is C12H10B3ClN2O. The third-order valence-corrected chi connectivity index (χ3v) is 3.35. The molecule has 0 spiro atoms. The van der Waals surface area contributed by atoms with E-state index in [0.29, 0.717) is 22.3 Å². The third kappa shape index (κ3) is 2.23. The lowest BCUT2D eigenvalue weighted by molar-refractivity contribution is 0.0751. The molecule has 1 heterocycles. The molecule has 0 aliphatic carbocycles. The van der Waals surface area contributed by atoms with Crippen molar-refractivity contribution in [2.24, 2.45) is 0 Å². The van der Waals surface area contributed by atoms with E-state index >= 15 is 0 Å². The highest BCUT2D eigenvalue weighted by Crippen LogP contribution is 2.26. The first-order valence-electron chi connectivity index (χ1n) is 5.59. The second-order valence-electron chi connectivity index (χ2n) is 4.94. The molecule has 2 rings (SSSR count). The van der Waals surface area contributed by atoms with Gasteiger partial charge in [0.1, 0.15) is 29.1 Å². The lowest BCUT2D eigenvalue weighted by Gasteiger charge is -2.21. The number of halogens is 1. The highest BCUT2D eigenvalue weighted by molar-refractivity contribution is 6.63. The van der Waals surface area contributed by atoms with Gasteiger partial charge in [-0.2, -0.15) is 0 Å². The number of pyridine rings is 1. The van der Waals surface area contributed by atoms with E-state index < -0.39 is 5.60 Å². The van der Waals surface area contributed by atoms with Crippen LogP contribution < -0.4 is 22.1 Å². The topological polar surface area (TPSA) is 59.1 Å². The Morgan fingerprint density at radius 3 is 2.32 bits per heavy atom. The van der Waals surface area contributed by atoms with Crippen molar-refractivity contribution in [3.05, 3.63) is 16.8 Å². The molecule has 7 heteroatoms. The van der Waals surface area contributed by atoms with E-state index in [1.54, 1.807) is 19.9 Å². The minimum Gasteiger partial charge on any atom is -0.397 e. The smallest absolute Gasteiger partial charge is 0.116 e. The predicted molar refractivity (Wildman–Crippen MR) is 82.6 cm³/mol. The van der Waals surface area contributed by atoms with Crippen molar-refractivity contribution in [2.45, 2.75) is 19.4 Å². The highest BCUT2D eigenvalue weighted by atomic mass is 35.5. The van der Waals surface area contributed by atoms with Gasteiger partial charge in [0.15, 0.2) is 0 Å². The van der Waals surface area contributed by atoms with Crippen molar-refractivity contribution in [1.29, 1.82) is 0 Å². The number of nitrogens with zero attached hydrogens (tertiary/aromatic N) is 1. The Hall–Kier alpha value is -1.13. The first-order valence-corrected chi connectivity index (χ1v) is 5.97. The number of anilines is 1.